The quantitative estimate of drug-likeness (QED) is 0.566. The van der Waals surface area contributed by atoms with E-state index in [1.54, 1.807) is 10.7 Å². The minimum absolute atomic E-state index is 0.0677. The highest BCUT2D eigenvalue weighted by Crippen LogP contribution is 2.31. The van der Waals surface area contributed by atoms with Crippen molar-refractivity contribution in [3.8, 4) is 0 Å². The summed E-state index contributed by atoms with van der Waals surface area (Å²) >= 11 is 2.26. The van der Waals surface area contributed by atoms with Crippen LogP contribution in [0.3, 0.4) is 0 Å². The number of hydrogen-bond donors (Lipinski definition) is 0. The molecule has 3 aromatic rings. The molecule has 1 atom stereocenters. The fraction of sp³-hybridized carbons (Fsp3) is 0.375. The Labute approximate surface area is 156 Å². The molecule has 6 nitrogen and oxygen atoms in total. The number of rotatable bonds is 3. The Morgan fingerprint density at radius 1 is 1.24 bits per heavy atom. The Morgan fingerprint density at radius 2 is 2.12 bits per heavy atom. The van der Waals surface area contributed by atoms with Gasteiger partial charge in [0.15, 0.2) is 0 Å². The standard InChI is InChI=1S/C16H15F2IN6/c17-15(18)12-7-13(25-16(23-12)21-9-22-25)10-2-1-5-24(8-10)14-6-11(19)3-4-20-14/h3-4,6-7,9-10,15H,1-2,5,8H2/t10-/m0/s1. The van der Waals surface area contributed by atoms with Crippen molar-refractivity contribution in [2.24, 2.45) is 0 Å². The van der Waals surface area contributed by atoms with Gasteiger partial charge >= 0.3 is 0 Å². The molecule has 3 aromatic heterocycles. The molecule has 0 aromatic carbocycles. The Bertz CT molecular complexity index is 899. The van der Waals surface area contributed by atoms with Gasteiger partial charge in [0.05, 0.1) is 5.69 Å². The van der Waals surface area contributed by atoms with Crippen molar-refractivity contribution >= 4 is 34.2 Å². The molecule has 0 saturated carbocycles. The Morgan fingerprint density at radius 3 is 2.92 bits per heavy atom. The molecule has 4 rings (SSSR count). The van der Waals surface area contributed by atoms with Crippen LogP contribution in [0.2, 0.25) is 0 Å². The van der Waals surface area contributed by atoms with Gasteiger partial charge in [0.25, 0.3) is 12.2 Å². The van der Waals surface area contributed by atoms with Crippen molar-refractivity contribution in [2.45, 2.75) is 25.2 Å². The van der Waals surface area contributed by atoms with Gasteiger partial charge in [0.1, 0.15) is 17.8 Å². The normalized spacial score (nSPS) is 18.2. The third kappa shape index (κ3) is 3.29. The van der Waals surface area contributed by atoms with Gasteiger partial charge in [0, 0.05) is 28.8 Å². The molecule has 1 fully saturated rings. The van der Waals surface area contributed by atoms with E-state index in [2.05, 4.69) is 47.5 Å². The lowest BCUT2D eigenvalue weighted by atomic mass is 9.94. The Balaban J connectivity index is 1.69. The predicted molar refractivity (Wildman–Crippen MR) is 96.9 cm³/mol. The van der Waals surface area contributed by atoms with Crippen LogP contribution >= 0.6 is 22.6 Å². The minimum atomic E-state index is -2.63. The molecule has 4 heterocycles. The summed E-state index contributed by atoms with van der Waals surface area (Å²) in [5.41, 5.74) is 0.480. The van der Waals surface area contributed by atoms with Crippen LogP contribution < -0.4 is 4.90 Å². The van der Waals surface area contributed by atoms with Gasteiger partial charge in [0.2, 0.25) is 0 Å². The van der Waals surface area contributed by atoms with Crippen LogP contribution in [-0.2, 0) is 0 Å². The fourth-order valence-corrected chi connectivity index (χ4v) is 3.69. The highest BCUT2D eigenvalue weighted by molar-refractivity contribution is 14.1. The lowest BCUT2D eigenvalue weighted by Gasteiger charge is -2.33. The second-order valence-corrected chi connectivity index (χ2v) is 7.24. The highest BCUT2D eigenvalue weighted by atomic mass is 127. The molecule has 1 aliphatic rings. The summed E-state index contributed by atoms with van der Waals surface area (Å²) in [7, 11) is 0. The van der Waals surface area contributed by atoms with Crippen LogP contribution in [0.5, 0.6) is 0 Å². The van der Waals surface area contributed by atoms with Crippen molar-refractivity contribution in [3.63, 3.8) is 0 Å². The molecule has 130 valence electrons. The molecule has 9 heteroatoms. The molecule has 1 saturated heterocycles. The number of alkyl halides is 2. The van der Waals surface area contributed by atoms with Gasteiger partial charge in [-0.3, -0.25) is 0 Å². The van der Waals surface area contributed by atoms with Crippen LogP contribution in [0, 0.1) is 3.57 Å². The summed E-state index contributed by atoms with van der Waals surface area (Å²) in [4.78, 5) is 14.5. The maximum atomic E-state index is 13.2. The van der Waals surface area contributed by atoms with Gasteiger partial charge in [-0.05, 0) is 53.6 Å². The van der Waals surface area contributed by atoms with E-state index < -0.39 is 6.43 Å². The molecule has 0 N–H and O–H groups in total. The zero-order valence-electron chi connectivity index (χ0n) is 13.2. The van der Waals surface area contributed by atoms with Gasteiger partial charge in [-0.25, -0.2) is 23.3 Å². The lowest BCUT2D eigenvalue weighted by molar-refractivity contribution is 0.146. The number of anilines is 1. The highest BCUT2D eigenvalue weighted by Gasteiger charge is 2.26. The van der Waals surface area contributed by atoms with E-state index in [1.807, 2.05) is 12.1 Å². The summed E-state index contributed by atoms with van der Waals surface area (Å²) in [6, 6.07) is 5.44. The van der Waals surface area contributed by atoms with E-state index in [9.17, 15) is 8.78 Å². The van der Waals surface area contributed by atoms with Crippen molar-refractivity contribution in [1.29, 1.82) is 0 Å². The van der Waals surface area contributed by atoms with Gasteiger partial charge in [-0.2, -0.15) is 10.1 Å². The summed E-state index contributed by atoms with van der Waals surface area (Å²) in [6.07, 6.45) is 2.38. The molecule has 0 spiro atoms. The van der Waals surface area contributed by atoms with E-state index >= 15 is 0 Å². The zero-order valence-corrected chi connectivity index (χ0v) is 15.3. The van der Waals surface area contributed by atoms with Crippen LogP contribution in [-0.4, -0.2) is 37.7 Å². The SMILES string of the molecule is FC(F)c1cc([C@H]2CCCN(c3cc(I)ccn3)C2)n2ncnc2n1. The number of fused-ring (bicyclic) bond motifs is 1. The molecule has 0 bridgehead atoms. The average molecular weight is 456 g/mol. The summed E-state index contributed by atoms with van der Waals surface area (Å²) < 4.78 is 29.1. The fourth-order valence-electron chi connectivity index (χ4n) is 3.25. The molecule has 1 aliphatic heterocycles. The van der Waals surface area contributed by atoms with Crippen LogP contribution in [0.25, 0.3) is 5.78 Å². The van der Waals surface area contributed by atoms with Crippen molar-refractivity contribution in [1.82, 2.24) is 24.6 Å². The number of pyridine rings is 1. The average Bonchev–Trinajstić information content (AvgIpc) is 3.09. The molecule has 0 unspecified atom stereocenters. The molecular formula is C16H15F2IN6. The molecule has 25 heavy (non-hydrogen) atoms. The summed E-state index contributed by atoms with van der Waals surface area (Å²) in [6.45, 7) is 1.60. The monoisotopic (exact) mass is 456 g/mol. The van der Waals surface area contributed by atoms with Crippen LogP contribution in [0.1, 0.15) is 36.6 Å². The Kier molecular flexibility index (Phi) is 4.48. The summed E-state index contributed by atoms with van der Waals surface area (Å²) in [5.74, 6) is 1.20. The first-order valence-corrected chi connectivity index (χ1v) is 9.05. The number of hydrogen-bond acceptors (Lipinski definition) is 5. The van der Waals surface area contributed by atoms with Gasteiger partial charge in [-0.15, -0.1) is 0 Å². The second-order valence-electron chi connectivity index (χ2n) is 6.00. The summed E-state index contributed by atoms with van der Waals surface area (Å²) in [5, 5.41) is 4.17. The molecule has 0 amide bonds. The van der Waals surface area contributed by atoms with Crippen LogP contribution in [0.15, 0.2) is 30.7 Å². The third-order valence-corrected chi connectivity index (χ3v) is 5.06. The maximum absolute atomic E-state index is 13.2. The first-order chi connectivity index (χ1) is 12.1. The number of halogens is 3. The van der Waals surface area contributed by atoms with E-state index in [-0.39, 0.29) is 17.4 Å². The number of aromatic nitrogens is 5. The van der Waals surface area contributed by atoms with Gasteiger partial charge < -0.3 is 4.90 Å². The van der Waals surface area contributed by atoms with E-state index in [0.717, 1.165) is 34.5 Å². The van der Waals surface area contributed by atoms with Crippen molar-refractivity contribution in [2.75, 3.05) is 18.0 Å². The van der Waals surface area contributed by atoms with E-state index in [4.69, 9.17) is 0 Å². The van der Waals surface area contributed by atoms with Crippen molar-refractivity contribution in [3.05, 3.63) is 45.7 Å². The smallest absolute Gasteiger partial charge is 0.280 e. The first kappa shape index (κ1) is 16.6. The number of nitrogens with zero attached hydrogens (tertiary/aromatic N) is 6. The predicted octanol–water partition coefficient (Wildman–Crippen LogP) is 3.45. The Hall–Kier alpha value is -1.91. The van der Waals surface area contributed by atoms with Crippen molar-refractivity contribution < 1.29 is 8.78 Å². The molecule has 0 radical (unpaired) electrons. The lowest BCUT2D eigenvalue weighted by Crippen LogP contribution is -2.35. The topological polar surface area (TPSA) is 59.2 Å². The minimum Gasteiger partial charge on any atom is -0.356 e. The van der Waals surface area contributed by atoms with E-state index in [1.165, 1.54) is 12.4 Å². The van der Waals surface area contributed by atoms with Crippen LogP contribution in [0.4, 0.5) is 14.6 Å². The van der Waals surface area contributed by atoms with Gasteiger partial charge in [-0.1, -0.05) is 0 Å². The molecule has 0 aliphatic carbocycles. The van der Waals surface area contributed by atoms with E-state index in [0.29, 0.717) is 6.54 Å². The molecular weight excluding hydrogens is 441 g/mol. The first-order valence-electron chi connectivity index (χ1n) is 7.97. The second kappa shape index (κ2) is 6.77. The number of piperidine rings is 1. The largest absolute Gasteiger partial charge is 0.356 e. The third-order valence-electron chi connectivity index (χ3n) is 4.39. The zero-order chi connectivity index (χ0) is 17.4. The maximum Gasteiger partial charge on any atom is 0.280 e.